The molecule has 2 unspecified atom stereocenters. The van der Waals surface area contributed by atoms with E-state index in [1.165, 1.54) is 0 Å². The lowest BCUT2D eigenvalue weighted by Crippen LogP contribution is -2.54. The van der Waals surface area contributed by atoms with Crippen LogP contribution >= 0.6 is 0 Å². The Morgan fingerprint density at radius 2 is 1.83 bits per heavy atom. The van der Waals surface area contributed by atoms with Crippen molar-refractivity contribution in [3.8, 4) is 5.75 Å². The van der Waals surface area contributed by atoms with E-state index in [9.17, 15) is 19.5 Å². The normalized spacial score (nSPS) is 15.2. The third kappa shape index (κ3) is 8.71. The van der Waals surface area contributed by atoms with Crippen molar-refractivity contribution in [2.45, 2.75) is 111 Å². The molecule has 36 heavy (non-hydrogen) atoms. The minimum atomic E-state index is -0.998. The van der Waals surface area contributed by atoms with Gasteiger partial charge in [0.25, 0.3) is 0 Å². The molecule has 1 aromatic carbocycles. The zero-order valence-corrected chi connectivity index (χ0v) is 23.0. The van der Waals surface area contributed by atoms with Gasteiger partial charge in [0.2, 0.25) is 11.8 Å². The zero-order chi connectivity index (χ0) is 27.0. The van der Waals surface area contributed by atoms with Gasteiger partial charge in [0.1, 0.15) is 23.4 Å². The van der Waals surface area contributed by atoms with Gasteiger partial charge >= 0.3 is 6.09 Å². The number of carbonyl (C=O) groups is 3. The lowest BCUT2D eigenvalue weighted by Gasteiger charge is -2.35. The van der Waals surface area contributed by atoms with Crippen LogP contribution < -0.4 is 10.6 Å². The number of amides is 3. The number of rotatable bonds is 12. The van der Waals surface area contributed by atoms with Gasteiger partial charge in [0.05, 0.1) is 0 Å². The first-order valence-electron chi connectivity index (χ1n) is 13.2. The molecule has 8 heteroatoms. The number of phenolic OH excluding ortho intramolecular Hbond substituents is 1. The van der Waals surface area contributed by atoms with Crippen molar-refractivity contribution >= 4 is 17.9 Å². The number of ether oxygens (including phenoxy) is 1. The molecular formula is C28H45N3O5. The fourth-order valence-corrected chi connectivity index (χ4v) is 4.20. The predicted octanol–water partition coefficient (Wildman–Crippen LogP) is 4.98. The van der Waals surface area contributed by atoms with Gasteiger partial charge in [0, 0.05) is 18.2 Å². The number of phenols is 1. The van der Waals surface area contributed by atoms with Crippen LogP contribution in [-0.4, -0.2) is 52.1 Å². The van der Waals surface area contributed by atoms with Crippen molar-refractivity contribution in [2.24, 2.45) is 5.92 Å². The number of nitrogens with one attached hydrogen (secondary N) is 2. The Kier molecular flexibility index (Phi) is 10.6. The topological polar surface area (TPSA) is 108 Å². The average Bonchev–Trinajstić information content (AvgIpc) is 3.59. The molecule has 202 valence electrons. The van der Waals surface area contributed by atoms with Gasteiger partial charge in [0.15, 0.2) is 0 Å². The highest BCUT2D eigenvalue weighted by atomic mass is 16.6. The molecule has 1 aromatic rings. The molecule has 1 fully saturated rings. The van der Waals surface area contributed by atoms with Gasteiger partial charge in [-0.15, -0.1) is 0 Å². The summed E-state index contributed by atoms with van der Waals surface area (Å²) < 4.78 is 5.42. The molecule has 0 spiro atoms. The molecule has 0 saturated heterocycles. The van der Waals surface area contributed by atoms with Gasteiger partial charge in [-0.1, -0.05) is 51.8 Å². The second-order valence-electron chi connectivity index (χ2n) is 11.2. The number of aromatic hydroxyl groups is 1. The molecule has 3 N–H and O–H groups in total. The van der Waals surface area contributed by atoms with E-state index in [1.54, 1.807) is 50.8 Å². The molecular weight excluding hydrogens is 458 g/mol. The minimum absolute atomic E-state index is 0.00479. The average molecular weight is 504 g/mol. The van der Waals surface area contributed by atoms with E-state index in [-0.39, 0.29) is 29.5 Å². The maximum atomic E-state index is 14.0. The SMILES string of the molecule is CCCCCNC(=O)C(c1cccc(C)c1O)N(C(=O)C(CC(C)C)NC(=O)OC(C)(C)C)C1CC1. The maximum absolute atomic E-state index is 14.0. The lowest BCUT2D eigenvalue weighted by atomic mass is 9.97. The molecule has 0 aliphatic heterocycles. The molecule has 0 aromatic heterocycles. The van der Waals surface area contributed by atoms with E-state index in [1.807, 2.05) is 13.8 Å². The number of benzene rings is 1. The Morgan fingerprint density at radius 1 is 1.17 bits per heavy atom. The molecule has 2 rings (SSSR count). The Hall–Kier alpha value is -2.77. The maximum Gasteiger partial charge on any atom is 0.408 e. The second kappa shape index (κ2) is 13.0. The summed E-state index contributed by atoms with van der Waals surface area (Å²) in [7, 11) is 0. The fraction of sp³-hybridized carbons (Fsp3) is 0.679. The summed E-state index contributed by atoms with van der Waals surface area (Å²) >= 11 is 0. The summed E-state index contributed by atoms with van der Waals surface area (Å²) in [6, 6.07) is 3.24. The molecule has 3 amide bonds. The molecule has 1 saturated carbocycles. The number of unbranched alkanes of at least 4 members (excludes halogenated alkanes) is 2. The number of carbonyl (C=O) groups excluding carboxylic acids is 3. The van der Waals surface area contributed by atoms with Crippen LogP contribution in [0.1, 0.15) is 97.2 Å². The Balaban J connectivity index is 2.44. The third-order valence-corrected chi connectivity index (χ3v) is 6.06. The number of para-hydroxylation sites is 1. The third-order valence-electron chi connectivity index (χ3n) is 6.06. The molecule has 0 bridgehead atoms. The standard InChI is InChI=1S/C28H45N3O5/c1-8-9-10-16-29-25(33)23(21-13-11-12-19(4)24(21)32)31(20-14-15-20)26(34)22(17-18(2)3)30-27(35)36-28(5,6)7/h11-13,18,20,22-23,32H,8-10,14-17H2,1-7H3,(H,29,33)(H,30,35). The quantitative estimate of drug-likeness (QED) is 0.349. The van der Waals surface area contributed by atoms with Gasteiger partial charge in [-0.25, -0.2) is 4.79 Å². The molecule has 1 aliphatic carbocycles. The largest absolute Gasteiger partial charge is 0.507 e. The Bertz CT molecular complexity index is 905. The fourth-order valence-electron chi connectivity index (χ4n) is 4.20. The zero-order valence-electron chi connectivity index (χ0n) is 23.0. The van der Waals surface area contributed by atoms with Gasteiger partial charge in [-0.2, -0.15) is 0 Å². The first kappa shape index (κ1) is 29.5. The summed E-state index contributed by atoms with van der Waals surface area (Å²) in [6.45, 7) is 13.6. The van der Waals surface area contributed by atoms with E-state index in [2.05, 4.69) is 17.6 Å². The molecule has 2 atom stereocenters. The number of aryl methyl sites for hydroxylation is 1. The monoisotopic (exact) mass is 503 g/mol. The van der Waals surface area contributed by atoms with Crippen LogP contribution in [0.4, 0.5) is 4.79 Å². The van der Waals surface area contributed by atoms with Gasteiger partial charge < -0.3 is 25.4 Å². The van der Waals surface area contributed by atoms with Crippen LogP contribution in [0.3, 0.4) is 0 Å². The highest BCUT2D eigenvalue weighted by Gasteiger charge is 2.45. The first-order chi connectivity index (χ1) is 16.9. The lowest BCUT2D eigenvalue weighted by molar-refractivity contribution is -0.143. The van der Waals surface area contributed by atoms with Crippen molar-refractivity contribution < 1.29 is 24.2 Å². The van der Waals surface area contributed by atoms with Crippen LogP contribution in [0.15, 0.2) is 18.2 Å². The van der Waals surface area contributed by atoms with E-state index in [4.69, 9.17) is 4.74 Å². The summed E-state index contributed by atoms with van der Waals surface area (Å²) in [5, 5.41) is 16.6. The van der Waals surface area contributed by atoms with E-state index in [0.29, 0.717) is 24.1 Å². The molecule has 1 aliphatic rings. The van der Waals surface area contributed by atoms with E-state index >= 15 is 0 Å². The molecule has 8 nitrogen and oxygen atoms in total. The summed E-state index contributed by atoms with van der Waals surface area (Å²) in [4.78, 5) is 41.8. The van der Waals surface area contributed by atoms with Crippen molar-refractivity contribution in [3.05, 3.63) is 29.3 Å². The summed E-state index contributed by atoms with van der Waals surface area (Å²) in [6.07, 6.45) is 4.10. The van der Waals surface area contributed by atoms with Gasteiger partial charge in [-0.3, -0.25) is 9.59 Å². The predicted molar refractivity (Wildman–Crippen MR) is 141 cm³/mol. The van der Waals surface area contributed by atoms with Crippen LogP contribution in [-0.2, 0) is 14.3 Å². The molecule has 0 radical (unpaired) electrons. The Morgan fingerprint density at radius 3 is 2.39 bits per heavy atom. The smallest absolute Gasteiger partial charge is 0.408 e. The highest BCUT2D eigenvalue weighted by molar-refractivity contribution is 5.93. The van der Waals surface area contributed by atoms with E-state index in [0.717, 1.165) is 32.1 Å². The van der Waals surface area contributed by atoms with E-state index < -0.39 is 23.8 Å². The highest BCUT2D eigenvalue weighted by Crippen LogP contribution is 2.39. The Labute approximate surface area is 216 Å². The first-order valence-corrected chi connectivity index (χ1v) is 13.2. The number of hydrogen-bond donors (Lipinski definition) is 3. The summed E-state index contributed by atoms with van der Waals surface area (Å²) in [5.74, 6) is -0.548. The van der Waals surface area contributed by atoms with Crippen LogP contribution in [0.5, 0.6) is 5.75 Å². The minimum Gasteiger partial charge on any atom is -0.507 e. The summed E-state index contributed by atoms with van der Waals surface area (Å²) in [5.41, 5.74) is 0.314. The number of alkyl carbamates (subject to hydrolysis) is 1. The van der Waals surface area contributed by atoms with Crippen molar-refractivity contribution in [1.29, 1.82) is 0 Å². The number of hydrogen-bond acceptors (Lipinski definition) is 5. The van der Waals surface area contributed by atoms with Crippen LogP contribution in [0.2, 0.25) is 0 Å². The van der Waals surface area contributed by atoms with Crippen molar-refractivity contribution in [3.63, 3.8) is 0 Å². The van der Waals surface area contributed by atoms with Gasteiger partial charge in [-0.05, 0) is 64.9 Å². The number of nitrogens with zero attached hydrogens (tertiary/aromatic N) is 1. The van der Waals surface area contributed by atoms with Crippen molar-refractivity contribution in [1.82, 2.24) is 15.5 Å². The molecule has 0 heterocycles. The van der Waals surface area contributed by atoms with Crippen molar-refractivity contribution in [2.75, 3.05) is 6.54 Å². The second-order valence-corrected chi connectivity index (χ2v) is 11.2. The van der Waals surface area contributed by atoms with Crippen LogP contribution in [0, 0.1) is 12.8 Å². The van der Waals surface area contributed by atoms with Crippen LogP contribution in [0.25, 0.3) is 0 Å².